The van der Waals surface area contributed by atoms with Crippen LogP contribution in [0.25, 0.3) is 0 Å². The molecule has 0 spiro atoms. The predicted molar refractivity (Wildman–Crippen MR) is 77.6 cm³/mol. The minimum absolute atomic E-state index is 0. The molecule has 0 aromatic heterocycles. The third-order valence-corrected chi connectivity index (χ3v) is 3.62. The lowest BCUT2D eigenvalue weighted by molar-refractivity contribution is -0.137. The van der Waals surface area contributed by atoms with Crippen molar-refractivity contribution >= 4 is 12.4 Å². The average Bonchev–Trinajstić information content (AvgIpc) is 2.45. The Bertz CT molecular complexity index is 419. The highest BCUT2D eigenvalue weighted by Crippen LogP contribution is 2.31. The fraction of sp³-hybridized carbons (Fsp3) is 0.571. The molecule has 1 aromatic rings. The Morgan fingerprint density at radius 3 is 2.19 bits per heavy atom. The third-order valence-electron chi connectivity index (χ3n) is 3.62. The number of halogens is 4. The largest absolute Gasteiger partial charge is 0.416 e. The molecule has 120 valence electrons. The lowest BCUT2D eigenvalue weighted by Gasteiger charge is -2.35. The van der Waals surface area contributed by atoms with Crippen LogP contribution in [0, 0.1) is 0 Å². The Hall–Kier alpha value is -0.820. The molecule has 2 rings (SSSR count). The highest BCUT2D eigenvalue weighted by atomic mass is 35.5. The van der Waals surface area contributed by atoms with Crippen molar-refractivity contribution in [3.05, 3.63) is 35.4 Å². The van der Waals surface area contributed by atoms with Gasteiger partial charge < -0.3 is 10.4 Å². The van der Waals surface area contributed by atoms with Crippen LogP contribution in [0.5, 0.6) is 0 Å². The van der Waals surface area contributed by atoms with E-state index < -0.39 is 11.7 Å². The summed E-state index contributed by atoms with van der Waals surface area (Å²) < 4.78 is 37.7. The van der Waals surface area contributed by atoms with Gasteiger partial charge in [-0.1, -0.05) is 12.1 Å². The van der Waals surface area contributed by atoms with E-state index in [0.717, 1.165) is 43.9 Å². The summed E-state index contributed by atoms with van der Waals surface area (Å²) in [5.41, 5.74) is 0.193. The lowest BCUT2D eigenvalue weighted by atomic mass is 10.00. The molecule has 2 N–H and O–H groups in total. The van der Waals surface area contributed by atoms with E-state index in [1.807, 2.05) is 0 Å². The standard InChI is InChI=1S/C14H19F3N2O.ClH/c15-14(16,17)12-3-1-11(2-4-12)13(5-10-20)19-8-6-18-7-9-19;/h1-4,13,18,20H,5-10H2;1H/t13-;/m1./s1. The molecule has 1 fully saturated rings. The average molecular weight is 325 g/mol. The second kappa shape index (κ2) is 7.98. The van der Waals surface area contributed by atoms with Gasteiger partial charge in [-0.25, -0.2) is 0 Å². The fourth-order valence-corrected chi connectivity index (χ4v) is 2.57. The first-order chi connectivity index (χ1) is 9.52. The zero-order valence-electron chi connectivity index (χ0n) is 11.6. The minimum atomic E-state index is -4.31. The molecule has 0 saturated carbocycles. The summed E-state index contributed by atoms with van der Waals surface area (Å²) in [6, 6.07) is 5.24. The van der Waals surface area contributed by atoms with Gasteiger partial charge in [-0.05, 0) is 24.1 Å². The van der Waals surface area contributed by atoms with Gasteiger partial charge in [0.1, 0.15) is 0 Å². The van der Waals surface area contributed by atoms with E-state index in [4.69, 9.17) is 0 Å². The van der Waals surface area contributed by atoms with Crippen molar-refractivity contribution in [1.82, 2.24) is 10.2 Å². The van der Waals surface area contributed by atoms with E-state index >= 15 is 0 Å². The number of nitrogens with one attached hydrogen (secondary N) is 1. The van der Waals surface area contributed by atoms with Gasteiger partial charge in [0.15, 0.2) is 0 Å². The summed E-state index contributed by atoms with van der Waals surface area (Å²) in [6.45, 7) is 3.43. The van der Waals surface area contributed by atoms with Crippen LogP contribution in [0.1, 0.15) is 23.6 Å². The molecule has 0 amide bonds. The molecule has 1 aromatic carbocycles. The molecular formula is C14H20ClF3N2O. The number of alkyl halides is 3. The monoisotopic (exact) mass is 324 g/mol. The smallest absolute Gasteiger partial charge is 0.396 e. The van der Waals surface area contributed by atoms with Crippen molar-refractivity contribution in [2.24, 2.45) is 0 Å². The third kappa shape index (κ3) is 4.85. The molecule has 3 nitrogen and oxygen atoms in total. The maximum atomic E-state index is 12.6. The van der Waals surface area contributed by atoms with Crippen LogP contribution in [0.4, 0.5) is 13.2 Å². The number of rotatable bonds is 4. The van der Waals surface area contributed by atoms with Crippen molar-refractivity contribution in [2.45, 2.75) is 18.6 Å². The quantitative estimate of drug-likeness (QED) is 0.893. The summed E-state index contributed by atoms with van der Waals surface area (Å²) in [6.07, 6.45) is -3.77. The van der Waals surface area contributed by atoms with Crippen molar-refractivity contribution in [3.63, 3.8) is 0 Å². The normalized spacial score (nSPS) is 18.1. The molecule has 21 heavy (non-hydrogen) atoms. The van der Waals surface area contributed by atoms with Crippen LogP contribution in [0.15, 0.2) is 24.3 Å². The second-order valence-corrected chi connectivity index (χ2v) is 4.93. The molecule has 0 aliphatic carbocycles. The SMILES string of the molecule is Cl.OCC[C@H](c1ccc(C(F)(F)F)cc1)N1CCNCC1. The van der Waals surface area contributed by atoms with Gasteiger partial charge in [0.25, 0.3) is 0 Å². The first-order valence-electron chi connectivity index (χ1n) is 6.75. The van der Waals surface area contributed by atoms with Gasteiger partial charge in [0.05, 0.1) is 5.56 Å². The Kier molecular flexibility index (Phi) is 6.93. The topological polar surface area (TPSA) is 35.5 Å². The molecule has 1 aliphatic heterocycles. The molecular weight excluding hydrogens is 305 g/mol. The molecule has 7 heteroatoms. The van der Waals surface area contributed by atoms with Crippen molar-refractivity contribution in [2.75, 3.05) is 32.8 Å². The zero-order valence-corrected chi connectivity index (χ0v) is 12.4. The zero-order chi connectivity index (χ0) is 14.6. The van der Waals surface area contributed by atoms with Crippen LogP contribution in [-0.2, 0) is 6.18 Å². The Morgan fingerprint density at radius 1 is 1.14 bits per heavy atom. The maximum absolute atomic E-state index is 12.6. The molecule has 1 aliphatic rings. The summed E-state index contributed by atoms with van der Waals surface area (Å²) in [5.74, 6) is 0. The van der Waals surface area contributed by atoms with Gasteiger partial charge in [-0.15, -0.1) is 12.4 Å². The molecule has 0 unspecified atom stereocenters. The van der Waals surface area contributed by atoms with E-state index in [1.165, 1.54) is 12.1 Å². The van der Waals surface area contributed by atoms with Crippen LogP contribution in [0.2, 0.25) is 0 Å². The Labute approximate surface area is 128 Å². The van der Waals surface area contributed by atoms with E-state index in [1.54, 1.807) is 0 Å². The number of benzene rings is 1. The summed E-state index contributed by atoms with van der Waals surface area (Å²) >= 11 is 0. The molecule has 1 atom stereocenters. The number of hydrogen-bond acceptors (Lipinski definition) is 3. The van der Waals surface area contributed by atoms with Crippen LogP contribution in [-0.4, -0.2) is 42.8 Å². The van der Waals surface area contributed by atoms with Gasteiger partial charge >= 0.3 is 6.18 Å². The highest BCUT2D eigenvalue weighted by molar-refractivity contribution is 5.85. The number of piperazine rings is 1. The van der Waals surface area contributed by atoms with Crippen LogP contribution in [0.3, 0.4) is 0 Å². The van der Waals surface area contributed by atoms with E-state index in [-0.39, 0.29) is 25.1 Å². The number of aliphatic hydroxyl groups is 1. The molecule has 0 bridgehead atoms. The first-order valence-corrected chi connectivity index (χ1v) is 6.75. The minimum Gasteiger partial charge on any atom is -0.396 e. The van der Waals surface area contributed by atoms with Crippen molar-refractivity contribution < 1.29 is 18.3 Å². The van der Waals surface area contributed by atoms with Gasteiger partial charge in [0, 0.05) is 38.8 Å². The Morgan fingerprint density at radius 2 is 1.71 bits per heavy atom. The number of nitrogens with zero attached hydrogens (tertiary/aromatic N) is 1. The molecule has 1 saturated heterocycles. The molecule has 0 radical (unpaired) electrons. The van der Waals surface area contributed by atoms with Crippen LogP contribution < -0.4 is 5.32 Å². The van der Waals surface area contributed by atoms with E-state index in [0.29, 0.717) is 6.42 Å². The Balaban J connectivity index is 0.00000220. The summed E-state index contributed by atoms with van der Waals surface area (Å²) in [7, 11) is 0. The van der Waals surface area contributed by atoms with Gasteiger partial charge in [-0.3, -0.25) is 4.90 Å². The predicted octanol–water partition coefficient (Wildman–Crippen LogP) is 2.46. The van der Waals surface area contributed by atoms with Gasteiger partial charge in [-0.2, -0.15) is 13.2 Å². The van der Waals surface area contributed by atoms with E-state index in [2.05, 4.69) is 10.2 Å². The summed E-state index contributed by atoms with van der Waals surface area (Å²) in [4.78, 5) is 2.20. The highest BCUT2D eigenvalue weighted by Gasteiger charge is 2.30. The van der Waals surface area contributed by atoms with Gasteiger partial charge in [0.2, 0.25) is 0 Å². The van der Waals surface area contributed by atoms with E-state index in [9.17, 15) is 18.3 Å². The fourth-order valence-electron chi connectivity index (χ4n) is 2.57. The number of hydrogen-bond donors (Lipinski definition) is 2. The molecule has 1 heterocycles. The lowest BCUT2D eigenvalue weighted by Crippen LogP contribution is -2.45. The number of aliphatic hydroxyl groups excluding tert-OH is 1. The first kappa shape index (κ1) is 18.2. The maximum Gasteiger partial charge on any atom is 0.416 e. The van der Waals surface area contributed by atoms with Crippen LogP contribution >= 0.6 is 12.4 Å². The second-order valence-electron chi connectivity index (χ2n) is 4.93. The van der Waals surface area contributed by atoms with Crippen molar-refractivity contribution in [3.8, 4) is 0 Å². The summed E-state index contributed by atoms with van der Waals surface area (Å²) in [5, 5.41) is 12.4. The van der Waals surface area contributed by atoms with Crippen molar-refractivity contribution in [1.29, 1.82) is 0 Å².